The smallest absolute Gasteiger partial charge is 0.243 e. The van der Waals surface area contributed by atoms with Crippen molar-refractivity contribution < 1.29 is 22.9 Å². The van der Waals surface area contributed by atoms with Gasteiger partial charge < -0.3 is 15.0 Å². The number of amides is 1. The van der Waals surface area contributed by atoms with Gasteiger partial charge in [0.2, 0.25) is 22.0 Å². The van der Waals surface area contributed by atoms with Gasteiger partial charge in [-0.2, -0.15) is 4.31 Å². The molecule has 1 aromatic carbocycles. The molecule has 3 rings (SSSR count). The van der Waals surface area contributed by atoms with E-state index in [2.05, 4.69) is 5.32 Å². The lowest BCUT2D eigenvalue weighted by molar-refractivity contribution is -0.497. The van der Waals surface area contributed by atoms with Crippen LogP contribution in [0.4, 0.5) is 11.4 Å². The van der Waals surface area contributed by atoms with Gasteiger partial charge in [-0.15, -0.1) is 0 Å². The number of nitro groups is 1. The lowest BCUT2D eigenvalue weighted by Crippen LogP contribution is -2.37. The Morgan fingerprint density at radius 3 is 2.52 bits per heavy atom. The van der Waals surface area contributed by atoms with Crippen molar-refractivity contribution in [1.29, 1.82) is 0 Å². The van der Waals surface area contributed by atoms with Crippen LogP contribution in [0, 0.1) is 16.0 Å². The van der Waals surface area contributed by atoms with E-state index < -0.39 is 32.8 Å². The molecule has 2 unspecified atom stereocenters. The molecule has 1 saturated heterocycles. The SMILES string of the molecule is CCN(CC)S(=O)(=O)c1ccc(N2CCOCC2)c(NC(=O)C2CC2[N+](=O)[O-])c1. The van der Waals surface area contributed by atoms with E-state index in [9.17, 15) is 23.3 Å². The highest BCUT2D eigenvalue weighted by molar-refractivity contribution is 7.89. The van der Waals surface area contributed by atoms with Crippen LogP contribution < -0.4 is 10.2 Å². The monoisotopic (exact) mass is 426 g/mol. The number of benzene rings is 1. The predicted octanol–water partition coefficient (Wildman–Crippen LogP) is 1.16. The van der Waals surface area contributed by atoms with Gasteiger partial charge in [-0.05, 0) is 18.2 Å². The van der Waals surface area contributed by atoms with Gasteiger partial charge in [0, 0.05) is 37.5 Å². The maximum absolute atomic E-state index is 12.9. The van der Waals surface area contributed by atoms with E-state index in [1.54, 1.807) is 19.9 Å². The Morgan fingerprint density at radius 1 is 1.31 bits per heavy atom. The van der Waals surface area contributed by atoms with E-state index in [4.69, 9.17) is 4.74 Å². The molecule has 1 aromatic rings. The minimum Gasteiger partial charge on any atom is -0.378 e. The second-order valence-electron chi connectivity index (χ2n) is 7.05. The highest BCUT2D eigenvalue weighted by Gasteiger charge is 2.53. The summed E-state index contributed by atoms with van der Waals surface area (Å²) in [7, 11) is -3.71. The quantitative estimate of drug-likeness (QED) is 0.489. The topological polar surface area (TPSA) is 122 Å². The molecule has 1 heterocycles. The summed E-state index contributed by atoms with van der Waals surface area (Å²) in [6, 6.07) is 3.78. The third kappa shape index (κ3) is 4.51. The van der Waals surface area contributed by atoms with E-state index in [1.807, 2.05) is 4.90 Å². The van der Waals surface area contributed by atoms with Crippen molar-refractivity contribution in [3.8, 4) is 0 Å². The first-order valence-corrected chi connectivity index (χ1v) is 11.1. The number of rotatable bonds is 8. The van der Waals surface area contributed by atoms with Gasteiger partial charge in [-0.3, -0.25) is 14.9 Å². The largest absolute Gasteiger partial charge is 0.378 e. The van der Waals surface area contributed by atoms with Crippen LogP contribution in [0.3, 0.4) is 0 Å². The molecule has 0 bridgehead atoms. The van der Waals surface area contributed by atoms with Crippen molar-refractivity contribution >= 4 is 27.3 Å². The Labute approximate surface area is 170 Å². The van der Waals surface area contributed by atoms with Gasteiger partial charge in [0.25, 0.3) is 0 Å². The Kier molecular flexibility index (Phi) is 6.39. The summed E-state index contributed by atoms with van der Waals surface area (Å²) in [6.07, 6.45) is 0.198. The average Bonchev–Trinajstić information content (AvgIpc) is 3.51. The summed E-state index contributed by atoms with van der Waals surface area (Å²) in [6.45, 7) is 6.44. The molecule has 0 radical (unpaired) electrons. The minimum absolute atomic E-state index is 0.0788. The molecule has 0 aromatic heterocycles. The molecular weight excluding hydrogens is 400 g/mol. The third-order valence-corrected chi connectivity index (χ3v) is 7.33. The molecule has 10 nitrogen and oxygen atoms in total. The average molecular weight is 426 g/mol. The number of hydrogen-bond acceptors (Lipinski definition) is 7. The highest BCUT2D eigenvalue weighted by atomic mass is 32.2. The fourth-order valence-corrected chi connectivity index (χ4v) is 4.97. The number of carbonyl (C=O) groups excluding carboxylic acids is 1. The molecule has 1 saturated carbocycles. The number of nitrogens with one attached hydrogen (secondary N) is 1. The van der Waals surface area contributed by atoms with E-state index in [0.29, 0.717) is 50.8 Å². The summed E-state index contributed by atoms with van der Waals surface area (Å²) in [5.41, 5.74) is 1.03. The van der Waals surface area contributed by atoms with E-state index in [1.165, 1.54) is 16.4 Å². The lowest BCUT2D eigenvalue weighted by Gasteiger charge is -2.31. The van der Waals surface area contributed by atoms with Crippen molar-refractivity contribution in [2.45, 2.75) is 31.2 Å². The van der Waals surface area contributed by atoms with Crippen molar-refractivity contribution in [3.05, 3.63) is 28.3 Å². The normalized spacial score (nSPS) is 21.8. The number of ether oxygens (including phenoxy) is 1. The Bertz CT molecular complexity index is 880. The highest BCUT2D eigenvalue weighted by Crippen LogP contribution is 2.36. The van der Waals surface area contributed by atoms with Crippen LogP contribution in [-0.2, 0) is 19.6 Å². The van der Waals surface area contributed by atoms with Gasteiger partial charge >= 0.3 is 0 Å². The molecule has 0 spiro atoms. The minimum atomic E-state index is -3.71. The maximum atomic E-state index is 12.9. The number of nitrogens with zero attached hydrogens (tertiary/aromatic N) is 3. The van der Waals surface area contributed by atoms with Crippen LogP contribution in [0.5, 0.6) is 0 Å². The van der Waals surface area contributed by atoms with Crippen LogP contribution in [0.2, 0.25) is 0 Å². The Hall–Kier alpha value is -2.24. The molecule has 2 aliphatic rings. The fraction of sp³-hybridized carbons (Fsp3) is 0.611. The van der Waals surface area contributed by atoms with Crippen LogP contribution in [0.25, 0.3) is 0 Å². The van der Waals surface area contributed by atoms with Gasteiger partial charge in [0.15, 0.2) is 0 Å². The molecule has 1 N–H and O–H groups in total. The number of morpholine rings is 1. The summed E-state index contributed by atoms with van der Waals surface area (Å²) in [5.74, 6) is -1.15. The summed E-state index contributed by atoms with van der Waals surface area (Å²) < 4.78 is 32.5. The first-order chi connectivity index (χ1) is 13.8. The molecule has 11 heteroatoms. The van der Waals surface area contributed by atoms with Gasteiger partial charge in [0.1, 0.15) is 5.92 Å². The predicted molar refractivity (Wildman–Crippen MR) is 107 cm³/mol. The lowest BCUT2D eigenvalue weighted by atomic mass is 10.2. The standard InChI is InChI=1S/C18H26N4O6S/c1-3-21(4-2)29(26,27)13-5-6-16(20-7-9-28-10-8-20)15(11-13)19-18(23)14-12-17(14)22(24)25/h5-6,11,14,17H,3-4,7-10,12H2,1-2H3,(H,19,23). The van der Waals surface area contributed by atoms with Crippen LogP contribution >= 0.6 is 0 Å². The summed E-state index contributed by atoms with van der Waals surface area (Å²) >= 11 is 0. The Balaban J connectivity index is 1.93. The second-order valence-corrected chi connectivity index (χ2v) is 8.99. The number of carbonyl (C=O) groups is 1. The van der Waals surface area contributed by atoms with Crippen LogP contribution in [0.15, 0.2) is 23.1 Å². The van der Waals surface area contributed by atoms with E-state index >= 15 is 0 Å². The molecule has 2 atom stereocenters. The zero-order valence-corrected chi connectivity index (χ0v) is 17.4. The molecular formula is C18H26N4O6S. The molecule has 2 fully saturated rings. The summed E-state index contributed by atoms with van der Waals surface area (Å²) in [4.78, 5) is 25.0. The molecule has 1 aliphatic heterocycles. The zero-order chi connectivity index (χ0) is 21.2. The molecule has 1 amide bonds. The van der Waals surface area contributed by atoms with Gasteiger partial charge in [-0.25, -0.2) is 8.42 Å². The zero-order valence-electron chi connectivity index (χ0n) is 16.5. The van der Waals surface area contributed by atoms with Crippen molar-refractivity contribution in [2.24, 2.45) is 5.92 Å². The Morgan fingerprint density at radius 2 is 1.97 bits per heavy atom. The summed E-state index contributed by atoms with van der Waals surface area (Å²) in [5, 5.41) is 13.6. The van der Waals surface area contributed by atoms with Crippen LogP contribution in [-0.4, -0.2) is 69.0 Å². The van der Waals surface area contributed by atoms with Crippen molar-refractivity contribution in [2.75, 3.05) is 49.6 Å². The molecule has 160 valence electrons. The number of hydrogen-bond donors (Lipinski definition) is 1. The fourth-order valence-electron chi connectivity index (χ4n) is 3.49. The second kappa shape index (κ2) is 8.64. The van der Waals surface area contributed by atoms with Crippen LogP contribution in [0.1, 0.15) is 20.3 Å². The first-order valence-electron chi connectivity index (χ1n) is 9.70. The van der Waals surface area contributed by atoms with Gasteiger partial charge in [0.05, 0.1) is 29.5 Å². The van der Waals surface area contributed by atoms with Crippen molar-refractivity contribution in [1.82, 2.24) is 4.31 Å². The first kappa shape index (κ1) is 21.5. The molecule has 1 aliphatic carbocycles. The third-order valence-electron chi connectivity index (χ3n) is 5.29. The number of sulfonamides is 1. The molecule has 29 heavy (non-hydrogen) atoms. The maximum Gasteiger partial charge on any atom is 0.243 e. The number of anilines is 2. The van der Waals surface area contributed by atoms with E-state index in [-0.39, 0.29) is 11.3 Å². The van der Waals surface area contributed by atoms with Crippen molar-refractivity contribution in [3.63, 3.8) is 0 Å². The van der Waals surface area contributed by atoms with E-state index in [0.717, 1.165) is 0 Å². The van der Waals surface area contributed by atoms with Gasteiger partial charge in [-0.1, -0.05) is 13.8 Å².